The average Bonchev–Trinajstić information content (AvgIpc) is 2.36. The minimum absolute atomic E-state index is 0.168. The maximum absolute atomic E-state index is 13.1. The lowest BCUT2D eigenvalue weighted by molar-refractivity contribution is 0.624. The van der Waals surface area contributed by atoms with E-state index in [4.69, 9.17) is 0 Å². The Morgan fingerprint density at radius 3 is 2.26 bits per heavy atom. The molecule has 2 aromatic carbocycles. The summed E-state index contributed by atoms with van der Waals surface area (Å²) in [6.45, 7) is 7.05. The van der Waals surface area contributed by atoms with Crippen molar-refractivity contribution in [3.63, 3.8) is 0 Å². The normalized spacial score (nSPS) is 11.6. The molecule has 0 saturated carbocycles. The predicted octanol–water partition coefficient (Wildman–Crippen LogP) is 4.66. The Labute approximate surface area is 120 Å². The lowest BCUT2D eigenvalue weighted by Gasteiger charge is -2.16. The molecule has 0 spiro atoms. The molecule has 19 heavy (non-hydrogen) atoms. The summed E-state index contributed by atoms with van der Waals surface area (Å²) in [6, 6.07) is 15.6. The summed E-state index contributed by atoms with van der Waals surface area (Å²) in [5, 5.41) is 1.48. The van der Waals surface area contributed by atoms with Crippen LogP contribution < -0.4 is 5.19 Å². The van der Waals surface area contributed by atoms with Crippen LogP contribution in [0, 0.1) is 5.82 Å². The van der Waals surface area contributed by atoms with Crippen LogP contribution >= 0.6 is 11.8 Å². The van der Waals surface area contributed by atoms with Gasteiger partial charge in [-0.2, -0.15) is 0 Å². The molecule has 0 amide bonds. The SMILES string of the molecule is C[Si](C)(C)c1ccc(CSc2cccc(F)c2)cc1. The molecule has 0 bridgehead atoms. The molecule has 0 heterocycles. The highest BCUT2D eigenvalue weighted by Gasteiger charge is 2.15. The summed E-state index contributed by atoms with van der Waals surface area (Å²) in [7, 11) is -1.21. The average molecular weight is 290 g/mol. The second kappa shape index (κ2) is 5.93. The molecule has 2 aromatic rings. The molecule has 0 atom stereocenters. The smallest absolute Gasteiger partial charge is 0.124 e. The zero-order valence-corrected chi connectivity index (χ0v) is 13.4. The first kappa shape index (κ1) is 14.3. The van der Waals surface area contributed by atoms with Crippen LogP contribution in [-0.4, -0.2) is 8.07 Å². The minimum atomic E-state index is -1.21. The first-order chi connectivity index (χ1) is 8.95. The number of halogens is 1. The molecule has 0 fully saturated rings. The predicted molar refractivity (Wildman–Crippen MR) is 85.4 cm³/mol. The van der Waals surface area contributed by atoms with E-state index < -0.39 is 8.07 Å². The maximum Gasteiger partial charge on any atom is 0.124 e. The Hall–Kier alpha value is -1.06. The largest absolute Gasteiger partial charge is 0.207 e. The van der Waals surface area contributed by atoms with Crippen molar-refractivity contribution in [3.8, 4) is 0 Å². The summed E-state index contributed by atoms with van der Waals surface area (Å²) in [5.41, 5.74) is 1.29. The minimum Gasteiger partial charge on any atom is -0.207 e. The summed E-state index contributed by atoms with van der Waals surface area (Å²) >= 11 is 1.67. The molecule has 0 nitrogen and oxygen atoms in total. The van der Waals surface area contributed by atoms with E-state index >= 15 is 0 Å². The van der Waals surface area contributed by atoms with Crippen LogP contribution in [0.1, 0.15) is 5.56 Å². The van der Waals surface area contributed by atoms with Gasteiger partial charge in [0.2, 0.25) is 0 Å². The van der Waals surface area contributed by atoms with E-state index in [1.165, 1.54) is 16.8 Å². The number of thioether (sulfide) groups is 1. The van der Waals surface area contributed by atoms with Crippen LogP contribution in [0.4, 0.5) is 4.39 Å². The summed E-state index contributed by atoms with van der Waals surface area (Å²) < 4.78 is 13.1. The first-order valence-electron chi connectivity index (χ1n) is 6.43. The zero-order valence-electron chi connectivity index (χ0n) is 11.6. The van der Waals surface area contributed by atoms with Crippen molar-refractivity contribution in [2.75, 3.05) is 0 Å². The molecule has 3 heteroatoms. The molecule has 0 unspecified atom stereocenters. The fraction of sp³-hybridized carbons (Fsp3) is 0.250. The van der Waals surface area contributed by atoms with Crippen LogP contribution in [0.3, 0.4) is 0 Å². The maximum atomic E-state index is 13.1. The zero-order chi connectivity index (χ0) is 13.9. The quantitative estimate of drug-likeness (QED) is 0.583. The monoisotopic (exact) mass is 290 g/mol. The van der Waals surface area contributed by atoms with Crippen molar-refractivity contribution in [1.29, 1.82) is 0 Å². The Kier molecular flexibility index (Phi) is 4.48. The molecule has 0 aliphatic rings. The lowest BCUT2D eigenvalue weighted by atomic mass is 10.2. The number of rotatable bonds is 4. The second-order valence-electron chi connectivity index (χ2n) is 5.69. The van der Waals surface area contributed by atoms with E-state index in [0.717, 1.165) is 10.6 Å². The lowest BCUT2D eigenvalue weighted by Crippen LogP contribution is -2.37. The Balaban J connectivity index is 2.01. The molecule has 2 rings (SSSR count). The van der Waals surface area contributed by atoms with Gasteiger partial charge < -0.3 is 0 Å². The van der Waals surface area contributed by atoms with Crippen molar-refractivity contribution < 1.29 is 4.39 Å². The van der Waals surface area contributed by atoms with Gasteiger partial charge in [-0.1, -0.05) is 55.2 Å². The Morgan fingerprint density at radius 1 is 1.00 bits per heavy atom. The van der Waals surface area contributed by atoms with Crippen LogP contribution in [0.15, 0.2) is 53.4 Å². The summed E-state index contributed by atoms with van der Waals surface area (Å²) in [5.74, 6) is 0.717. The van der Waals surface area contributed by atoms with Crippen LogP contribution in [0.5, 0.6) is 0 Å². The van der Waals surface area contributed by atoms with Gasteiger partial charge >= 0.3 is 0 Å². The topological polar surface area (TPSA) is 0 Å². The van der Waals surface area contributed by atoms with Gasteiger partial charge in [-0.15, -0.1) is 11.8 Å². The van der Waals surface area contributed by atoms with Gasteiger partial charge in [0.25, 0.3) is 0 Å². The van der Waals surface area contributed by atoms with Crippen LogP contribution in [0.2, 0.25) is 19.6 Å². The van der Waals surface area contributed by atoms with E-state index in [2.05, 4.69) is 43.9 Å². The van der Waals surface area contributed by atoms with Crippen molar-refractivity contribution in [2.24, 2.45) is 0 Å². The van der Waals surface area contributed by atoms with E-state index in [1.807, 2.05) is 6.07 Å². The van der Waals surface area contributed by atoms with Gasteiger partial charge in [0, 0.05) is 10.6 Å². The fourth-order valence-electron chi connectivity index (χ4n) is 1.82. The van der Waals surface area contributed by atoms with Gasteiger partial charge in [-0.3, -0.25) is 0 Å². The summed E-state index contributed by atoms with van der Waals surface area (Å²) in [4.78, 5) is 0.981. The van der Waals surface area contributed by atoms with Gasteiger partial charge in [0.1, 0.15) is 5.82 Å². The number of hydrogen-bond acceptors (Lipinski definition) is 1. The molecule has 0 radical (unpaired) electrons. The van der Waals surface area contributed by atoms with Crippen molar-refractivity contribution >= 4 is 25.0 Å². The number of benzene rings is 2. The van der Waals surface area contributed by atoms with E-state index in [0.29, 0.717) is 0 Å². The molecule has 0 aliphatic carbocycles. The molecule has 0 aliphatic heterocycles. The third-order valence-corrected chi connectivity index (χ3v) is 6.15. The summed E-state index contributed by atoms with van der Waals surface area (Å²) in [6.07, 6.45) is 0. The van der Waals surface area contributed by atoms with E-state index in [1.54, 1.807) is 23.9 Å². The highest BCUT2D eigenvalue weighted by atomic mass is 32.2. The Bertz CT molecular complexity index is 543. The van der Waals surface area contributed by atoms with E-state index in [9.17, 15) is 4.39 Å². The first-order valence-corrected chi connectivity index (χ1v) is 10.9. The van der Waals surface area contributed by atoms with E-state index in [-0.39, 0.29) is 5.82 Å². The van der Waals surface area contributed by atoms with Crippen molar-refractivity contribution in [3.05, 3.63) is 59.9 Å². The number of hydrogen-bond donors (Lipinski definition) is 0. The molecule has 0 aromatic heterocycles. The standard InChI is InChI=1S/C16H19FSSi/c1-19(2,3)16-9-7-13(8-10-16)12-18-15-6-4-5-14(17)11-15/h4-11H,12H2,1-3H3. The highest BCUT2D eigenvalue weighted by molar-refractivity contribution is 7.98. The third kappa shape index (κ3) is 4.22. The Morgan fingerprint density at radius 2 is 1.68 bits per heavy atom. The third-order valence-electron chi connectivity index (χ3n) is 3.02. The second-order valence-corrected chi connectivity index (χ2v) is 11.8. The molecule has 100 valence electrons. The van der Waals surface area contributed by atoms with Crippen molar-refractivity contribution in [1.82, 2.24) is 0 Å². The van der Waals surface area contributed by atoms with Gasteiger partial charge in [0.15, 0.2) is 0 Å². The molecular formula is C16H19FSSi. The van der Waals surface area contributed by atoms with Gasteiger partial charge in [-0.25, -0.2) is 4.39 Å². The molecular weight excluding hydrogens is 271 g/mol. The van der Waals surface area contributed by atoms with Crippen LogP contribution in [0.25, 0.3) is 0 Å². The molecule has 0 saturated heterocycles. The fourth-order valence-corrected chi connectivity index (χ4v) is 3.89. The van der Waals surface area contributed by atoms with Gasteiger partial charge in [-0.05, 0) is 23.8 Å². The molecule has 0 N–H and O–H groups in total. The van der Waals surface area contributed by atoms with Crippen LogP contribution in [-0.2, 0) is 5.75 Å². The highest BCUT2D eigenvalue weighted by Crippen LogP contribution is 2.23. The van der Waals surface area contributed by atoms with Gasteiger partial charge in [0.05, 0.1) is 8.07 Å². The van der Waals surface area contributed by atoms with Crippen molar-refractivity contribution in [2.45, 2.75) is 30.3 Å².